The van der Waals surface area contributed by atoms with E-state index in [9.17, 15) is 4.79 Å². The minimum atomic E-state index is -0.130. The van der Waals surface area contributed by atoms with E-state index in [-0.39, 0.29) is 11.9 Å². The minimum Gasteiger partial charge on any atom is -0.368 e. The first kappa shape index (κ1) is 7.10. The molecule has 0 aromatic carbocycles. The van der Waals surface area contributed by atoms with Gasteiger partial charge in [0.1, 0.15) is 0 Å². The van der Waals surface area contributed by atoms with Crippen LogP contribution >= 0.6 is 0 Å². The van der Waals surface area contributed by atoms with Crippen molar-refractivity contribution >= 4 is 5.91 Å². The lowest BCUT2D eigenvalue weighted by molar-refractivity contribution is -0.122. The number of nitrogens with zero attached hydrogens (tertiary/aromatic N) is 1. The number of hydrogen-bond acceptors (Lipinski definition) is 2. The summed E-state index contributed by atoms with van der Waals surface area (Å²) in [6.45, 7) is 2.18. The molecule has 3 nitrogen and oxygen atoms in total. The maximum Gasteiger partial charge on any atom is 0.234 e. The van der Waals surface area contributed by atoms with E-state index >= 15 is 0 Å². The normalized spacial score (nSPS) is 42.4. The van der Waals surface area contributed by atoms with E-state index in [0.29, 0.717) is 0 Å². The molecule has 0 saturated carbocycles. The van der Waals surface area contributed by atoms with Crippen molar-refractivity contribution in [1.82, 2.24) is 4.90 Å². The highest BCUT2D eigenvalue weighted by Gasteiger charge is 2.37. The number of nitrogens with two attached hydrogens (primary N) is 1. The van der Waals surface area contributed by atoms with Crippen LogP contribution in [0.25, 0.3) is 0 Å². The predicted octanol–water partition coefficient (Wildman–Crippen LogP) is -0.0440. The lowest BCUT2D eigenvalue weighted by atomic mass is 10.00. The topological polar surface area (TPSA) is 46.3 Å². The molecule has 2 saturated heterocycles. The van der Waals surface area contributed by atoms with Gasteiger partial charge in [-0.3, -0.25) is 9.69 Å². The Balaban J connectivity index is 2.08. The molecule has 2 aliphatic rings. The Labute approximate surface area is 66.5 Å². The zero-order chi connectivity index (χ0) is 7.84. The largest absolute Gasteiger partial charge is 0.368 e. The summed E-state index contributed by atoms with van der Waals surface area (Å²) in [5.41, 5.74) is 5.27. The van der Waals surface area contributed by atoms with E-state index < -0.39 is 0 Å². The van der Waals surface area contributed by atoms with Gasteiger partial charge in [0.15, 0.2) is 0 Å². The fraction of sp³-hybridized carbons (Fsp3) is 0.875. The summed E-state index contributed by atoms with van der Waals surface area (Å²) in [6, 6.07) is 0.0579. The van der Waals surface area contributed by atoms with Crippen LogP contribution in [-0.4, -0.2) is 29.9 Å². The van der Waals surface area contributed by atoms with Gasteiger partial charge in [0.05, 0.1) is 6.04 Å². The van der Waals surface area contributed by atoms with Gasteiger partial charge in [-0.15, -0.1) is 0 Å². The van der Waals surface area contributed by atoms with Crippen molar-refractivity contribution in [2.75, 3.05) is 13.1 Å². The molecular weight excluding hydrogens is 140 g/mol. The zero-order valence-corrected chi connectivity index (χ0v) is 6.62. The van der Waals surface area contributed by atoms with Crippen LogP contribution in [0.1, 0.15) is 19.3 Å². The Kier molecular flexibility index (Phi) is 1.60. The van der Waals surface area contributed by atoms with E-state index in [1.165, 1.54) is 12.8 Å². The van der Waals surface area contributed by atoms with Gasteiger partial charge in [-0.05, 0) is 31.7 Å². The van der Waals surface area contributed by atoms with Gasteiger partial charge >= 0.3 is 0 Å². The third kappa shape index (κ3) is 1.13. The molecule has 0 spiro atoms. The van der Waals surface area contributed by atoms with Crippen LogP contribution in [0.3, 0.4) is 0 Å². The molecule has 3 atom stereocenters. The highest BCUT2D eigenvalue weighted by Crippen LogP contribution is 2.31. The van der Waals surface area contributed by atoms with Crippen LogP contribution in [0.2, 0.25) is 0 Å². The van der Waals surface area contributed by atoms with Crippen molar-refractivity contribution in [1.29, 1.82) is 0 Å². The van der Waals surface area contributed by atoms with E-state index in [0.717, 1.165) is 25.4 Å². The summed E-state index contributed by atoms with van der Waals surface area (Å²) in [5.74, 6) is 0.621. The molecule has 0 aliphatic carbocycles. The van der Waals surface area contributed by atoms with Crippen LogP contribution < -0.4 is 5.73 Å². The second-order valence-corrected chi connectivity index (χ2v) is 3.66. The number of rotatable bonds is 1. The Bertz CT molecular complexity index is 181. The molecule has 3 heteroatoms. The highest BCUT2D eigenvalue weighted by atomic mass is 16.1. The van der Waals surface area contributed by atoms with Crippen molar-refractivity contribution in [3.63, 3.8) is 0 Å². The SMILES string of the molecule is NC(=O)[C@H]1C[C@H]2CCCN1C2. The first-order valence-corrected chi connectivity index (χ1v) is 4.31. The number of carbonyl (C=O) groups is 1. The average Bonchev–Trinajstić information content (AvgIpc) is 2.27. The summed E-state index contributed by atoms with van der Waals surface area (Å²) < 4.78 is 0. The Morgan fingerprint density at radius 1 is 1.55 bits per heavy atom. The quantitative estimate of drug-likeness (QED) is 0.576. The summed E-state index contributed by atoms with van der Waals surface area (Å²) in [7, 11) is 0. The molecule has 2 aliphatic heterocycles. The van der Waals surface area contributed by atoms with Crippen molar-refractivity contribution in [2.45, 2.75) is 25.3 Å². The average molecular weight is 154 g/mol. The van der Waals surface area contributed by atoms with Crippen LogP contribution in [0, 0.1) is 5.92 Å². The van der Waals surface area contributed by atoms with Gasteiger partial charge in [0.2, 0.25) is 5.91 Å². The van der Waals surface area contributed by atoms with E-state index in [4.69, 9.17) is 5.73 Å². The van der Waals surface area contributed by atoms with Gasteiger partial charge < -0.3 is 5.73 Å². The summed E-state index contributed by atoms with van der Waals surface area (Å²) >= 11 is 0. The molecule has 1 amide bonds. The van der Waals surface area contributed by atoms with E-state index in [1.807, 2.05) is 0 Å². The molecule has 2 rings (SSSR count). The lowest BCUT2D eigenvalue weighted by Crippen LogP contribution is -2.41. The van der Waals surface area contributed by atoms with E-state index in [2.05, 4.69) is 4.90 Å². The Hall–Kier alpha value is -0.570. The molecule has 0 aromatic heterocycles. The van der Waals surface area contributed by atoms with Gasteiger partial charge in [-0.2, -0.15) is 0 Å². The first-order chi connectivity index (χ1) is 5.27. The smallest absolute Gasteiger partial charge is 0.234 e. The minimum absolute atomic E-state index is 0.0579. The van der Waals surface area contributed by atoms with Gasteiger partial charge in [-0.25, -0.2) is 0 Å². The Morgan fingerprint density at radius 2 is 2.36 bits per heavy atom. The van der Waals surface area contributed by atoms with Crippen molar-refractivity contribution in [2.24, 2.45) is 11.7 Å². The monoisotopic (exact) mass is 154 g/mol. The van der Waals surface area contributed by atoms with Crippen LogP contribution in [0.5, 0.6) is 0 Å². The molecule has 2 fully saturated rings. The zero-order valence-electron chi connectivity index (χ0n) is 6.62. The van der Waals surface area contributed by atoms with E-state index in [1.54, 1.807) is 0 Å². The summed E-state index contributed by atoms with van der Waals surface area (Å²) in [5, 5.41) is 0. The Morgan fingerprint density at radius 3 is 3.00 bits per heavy atom. The highest BCUT2D eigenvalue weighted by molar-refractivity contribution is 5.80. The maximum atomic E-state index is 10.9. The molecule has 2 N–H and O–H groups in total. The van der Waals surface area contributed by atoms with Crippen molar-refractivity contribution in [3.05, 3.63) is 0 Å². The molecular formula is C8H14N2O. The first-order valence-electron chi connectivity index (χ1n) is 4.31. The molecule has 0 aromatic rings. The summed E-state index contributed by atoms with van der Waals surface area (Å²) in [4.78, 5) is 13.2. The molecule has 0 radical (unpaired) electrons. The van der Waals surface area contributed by atoms with Gasteiger partial charge in [0, 0.05) is 6.54 Å². The second kappa shape index (κ2) is 2.48. The number of fused-ring (bicyclic) bond motifs is 2. The third-order valence-electron chi connectivity index (χ3n) is 2.88. The maximum absolute atomic E-state index is 10.9. The third-order valence-corrected chi connectivity index (χ3v) is 2.88. The number of primary amides is 1. The fourth-order valence-corrected chi connectivity index (χ4v) is 2.33. The number of carbonyl (C=O) groups excluding carboxylic acids is 1. The van der Waals surface area contributed by atoms with Crippen LogP contribution in [0.4, 0.5) is 0 Å². The predicted molar refractivity (Wildman–Crippen MR) is 41.9 cm³/mol. The second-order valence-electron chi connectivity index (χ2n) is 3.66. The van der Waals surface area contributed by atoms with Gasteiger partial charge in [0.25, 0.3) is 0 Å². The lowest BCUT2D eigenvalue weighted by Gasteiger charge is -2.24. The molecule has 11 heavy (non-hydrogen) atoms. The number of hydrogen-bond donors (Lipinski definition) is 1. The molecule has 62 valence electrons. The van der Waals surface area contributed by atoms with Crippen molar-refractivity contribution < 1.29 is 4.79 Å². The standard InChI is InChI=1S/C8H14N2O/c9-8(11)7-4-6-2-1-3-10(7)5-6/h6-7H,1-5H2,(H2,9,11)/t6-,7-/m1/s1. The summed E-state index contributed by atoms with van der Waals surface area (Å²) in [6.07, 6.45) is 3.55. The molecule has 2 bridgehead atoms. The van der Waals surface area contributed by atoms with Crippen molar-refractivity contribution in [3.8, 4) is 0 Å². The van der Waals surface area contributed by atoms with Crippen LogP contribution in [0.15, 0.2) is 0 Å². The molecule has 2 heterocycles. The van der Waals surface area contributed by atoms with Crippen LogP contribution in [-0.2, 0) is 4.79 Å². The van der Waals surface area contributed by atoms with Gasteiger partial charge in [-0.1, -0.05) is 0 Å². The molecule has 1 unspecified atom stereocenters. The number of amides is 1. The fourth-order valence-electron chi connectivity index (χ4n) is 2.33. The number of piperidine rings is 1.